The van der Waals surface area contributed by atoms with Gasteiger partial charge in [-0.2, -0.15) is 0 Å². The topological polar surface area (TPSA) is 46.3 Å². The Morgan fingerprint density at radius 3 is 3.06 bits per heavy atom. The van der Waals surface area contributed by atoms with E-state index < -0.39 is 0 Å². The Morgan fingerprint density at radius 1 is 1.61 bits per heavy atom. The number of hydrogen-bond donors (Lipinski definition) is 1. The average Bonchev–Trinajstić information content (AvgIpc) is 2.85. The summed E-state index contributed by atoms with van der Waals surface area (Å²) in [6.07, 6.45) is 3.32. The standard InChI is InChI=1S/C14H22N2OS/c1-3-10(15)9-14(17)16-7-5-13-11(6-8-18-13)12(16)4-2/h6,8,10,12H,3-5,7,9,15H2,1-2H3. The number of rotatable bonds is 4. The second-order valence-corrected chi connectivity index (χ2v) is 5.93. The zero-order valence-corrected chi connectivity index (χ0v) is 12.0. The van der Waals surface area contributed by atoms with Crippen LogP contribution in [0.3, 0.4) is 0 Å². The number of fused-ring (bicyclic) bond motifs is 1. The number of carbonyl (C=O) groups excluding carboxylic acids is 1. The SMILES string of the molecule is CCC(N)CC(=O)N1CCc2sccc2C1CC. The van der Waals surface area contributed by atoms with Crippen molar-refractivity contribution in [1.82, 2.24) is 4.90 Å². The van der Waals surface area contributed by atoms with E-state index in [9.17, 15) is 4.79 Å². The van der Waals surface area contributed by atoms with Crippen LogP contribution in [0.25, 0.3) is 0 Å². The molecule has 1 aliphatic heterocycles. The van der Waals surface area contributed by atoms with Crippen molar-refractivity contribution >= 4 is 17.2 Å². The van der Waals surface area contributed by atoms with Gasteiger partial charge in [0.15, 0.2) is 0 Å². The molecule has 0 radical (unpaired) electrons. The molecule has 2 atom stereocenters. The highest BCUT2D eigenvalue weighted by Crippen LogP contribution is 2.35. The van der Waals surface area contributed by atoms with Gasteiger partial charge in [0.25, 0.3) is 0 Å². The summed E-state index contributed by atoms with van der Waals surface area (Å²) in [5.74, 6) is 0.216. The summed E-state index contributed by atoms with van der Waals surface area (Å²) >= 11 is 1.81. The Kier molecular flexibility index (Phi) is 4.40. The molecule has 2 N–H and O–H groups in total. The van der Waals surface area contributed by atoms with Gasteiger partial charge < -0.3 is 10.6 Å². The third-order valence-electron chi connectivity index (χ3n) is 3.76. The molecule has 0 aromatic carbocycles. The van der Waals surface area contributed by atoms with Gasteiger partial charge in [0.05, 0.1) is 6.04 Å². The summed E-state index contributed by atoms with van der Waals surface area (Å²) in [7, 11) is 0. The van der Waals surface area contributed by atoms with Gasteiger partial charge in [-0.25, -0.2) is 0 Å². The Balaban J connectivity index is 2.12. The quantitative estimate of drug-likeness (QED) is 0.911. The molecule has 4 heteroatoms. The molecule has 2 unspecified atom stereocenters. The number of nitrogens with zero attached hydrogens (tertiary/aromatic N) is 1. The molecule has 1 aromatic heterocycles. The fourth-order valence-electron chi connectivity index (χ4n) is 2.62. The number of thiophene rings is 1. The lowest BCUT2D eigenvalue weighted by Crippen LogP contribution is -2.41. The van der Waals surface area contributed by atoms with E-state index in [1.807, 2.05) is 23.2 Å². The first kappa shape index (κ1) is 13.6. The van der Waals surface area contributed by atoms with Crippen LogP contribution in [0.1, 0.15) is 49.6 Å². The van der Waals surface area contributed by atoms with E-state index in [1.165, 1.54) is 10.4 Å². The molecule has 1 aliphatic rings. The second kappa shape index (κ2) is 5.85. The maximum atomic E-state index is 12.3. The molecule has 18 heavy (non-hydrogen) atoms. The molecule has 0 aliphatic carbocycles. The van der Waals surface area contributed by atoms with Crippen LogP contribution in [0.4, 0.5) is 0 Å². The van der Waals surface area contributed by atoms with Gasteiger partial charge in [-0.1, -0.05) is 13.8 Å². The van der Waals surface area contributed by atoms with Crippen molar-refractivity contribution in [2.45, 2.75) is 51.6 Å². The fraction of sp³-hybridized carbons (Fsp3) is 0.643. The molecule has 2 rings (SSSR count). The van der Waals surface area contributed by atoms with Crippen molar-refractivity contribution in [3.8, 4) is 0 Å². The van der Waals surface area contributed by atoms with E-state index in [-0.39, 0.29) is 18.0 Å². The highest BCUT2D eigenvalue weighted by Gasteiger charge is 2.30. The average molecular weight is 266 g/mol. The molecule has 2 heterocycles. The van der Waals surface area contributed by atoms with Gasteiger partial charge in [0.2, 0.25) is 5.91 Å². The molecule has 0 spiro atoms. The van der Waals surface area contributed by atoms with E-state index >= 15 is 0 Å². The molecule has 0 bridgehead atoms. The summed E-state index contributed by atoms with van der Waals surface area (Å²) in [4.78, 5) is 15.8. The Bertz CT molecular complexity index is 416. The smallest absolute Gasteiger partial charge is 0.224 e. The maximum Gasteiger partial charge on any atom is 0.224 e. The first-order valence-electron chi connectivity index (χ1n) is 6.78. The number of nitrogens with two attached hydrogens (primary N) is 1. The van der Waals surface area contributed by atoms with E-state index in [2.05, 4.69) is 18.4 Å². The predicted molar refractivity (Wildman–Crippen MR) is 75.7 cm³/mol. The molecule has 3 nitrogen and oxygen atoms in total. The Hall–Kier alpha value is -0.870. The van der Waals surface area contributed by atoms with Crippen molar-refractivity contribution in [2.24, 2.45) is 5.73 Å². The Labute approximate surface area is 113 Å². The molecule has 0 saturated heterocycles. The molecular formula is C14H22N2OS. The van der Waals surface area contributed by atoms with Crippen molar-refractivity contribution in [3.63, 3.8) is 0 Å². The van der Waals surface area contributed by atoms with E-state index in [4.69, 9.17) is 5.73 Å². The van der Waals surface area contributed by atoms with Gasteiger partial charge in [0, 0.05) is 23.9 Å². The zero-order chi connectivity index (χ0) is 13.1. The van der Waals surface area contributed by atoms with Crippen molar-refractivity contribution in [3.05, 3.63) is 21.9 Å². The van der Waals surface area contributed by atoms with E-state index in [0.717, 1.165) is 25.8 Å². The van der Waals surface area contributed by atoms with Crippen LogP contribution < -0.4 is 5.73 Å². The van der Waals surface area contributed by atoms with Gasteiger partial charge in [-0.05, 0) is 36.3 Å². The third-order valence-corrected chi connectivity index (χ3v) is 4.76. The second-order valence-electron chi connectivity index (χ2n) is 4.93. The minimum atomic E-state index is -0.00104. The molecular weight excluding hydrogens is 244 g/mol. The van der Waals surface area contributed by atoms with Crippen LogP contribution in [0, 0.1) is 0 Å². The molecule has 100 valence electrons. The van der Waals surface area contributed by atoms with Gasteiger partial charge in [0.1, 0.15) is 0 Å². The first-order chi connectivity index (χ1) is 8.67. The van der Waals surface area contributed by atoms with Crippen LogP contribution in [-0.2, 0) is 11.2 Å². The lowest BCUT2D eigenvalue weighted by Gasteiger charge is -2.36. The third kappa shape index (κ3) is 2.59. The van der Waals surface area contributed by atoms with Gasteiger partial charge in [-0.15, -0.1) is 11.3 Å². The number of amides is 1. The lowest BCUT2D eigenvalue weighted by atomic mass is 9.97. The van der Waals surface area contributed by atoms with Crippen LogP contribution in [0.15, 0.2) is 11.4 Å². The molecule has 1 aromatic rings. The zero-order valence-electron chi connectivity index (χ0n) is 11.2. The van der Waals surface area contributed by atoms with Gasteiger partial charge in [-0.3, -0.25) is 4.79 Å². The predicted octanol–water partition coefficient (Wildman–Crippen LogP) is 2.71. The largest absolute Gasteiger partial charge is 0.335 e. The van der Waals surface area contributed by atoms with Crippen LogP contribution in [-0.4, -0.2) is 23.4 Å². The highest BCUT2D eigenvalue weighted by atomic mass is 32.1. The minimum absolute atomic E-state index is 0.00104. The summed E-state index contributed by atoms with van der Waals surface area (Å²) in [6.45, 7) is 5.03. The monoisotopic (exact) mass is 266 g/mol. The highest BCUT2D eigenvalue weighted by molar-refractivity contribution is 7.10. The summed E-state index contributed by atoms with van der Waals surface area (Å²) in [6, 6.07) is 2.43. The van der Waals surface area contributed by atoms with Crippen molar-refractivity contribution in [1.29, 1.82) is 0 Å². The van der Waals surface area contributed by atoms with Crippen molar-refractivity contribution < 1.29 is 4.79 Å². The van der Waals surface area contributed by atoms with Crippen LogP contribution in [0.2, 0.25) is 0 Å². The normalized spacial score (nSPS) is 20.6. The number of carbonyl (C=O) groups is 1. The molecule has 0 fully saturated rings. The van der Waals surface area contributed by atoms with Crippen LogP contribution in [0.5, 0.6) is 0 Å². The molecule has 1 amide bonds. The van der Waals surface area contributed by atoms with Crippen molar-refractivity contribution in [2.75, 3.05) is 6.54 Å². The fourth-order valence-corrected chi connectivity index (χ4v) is 3.55. The number of hydrogen-bond acceptors (Lipinski definition) is 3. The Morgan fingerprint density at radius 2 is 2.39 bits per heavy atom. The lowest BCUT2D eigenvalue weighted by molar-refractivity contribution is -0.134. The minimum Gasteiger partial charge on any atom is -0.335 e. The van der Waals surface area contributed by atoms with E-state index in [1.54, 1.807) is 0 Å². The first-order valence-corrected chi connectivity index (χ1v) is 7.66. The summed E-state index contributed by atoms with van der Waals surface area (Å²) in [5, 5.41) is 2.14. The van der Waals surface area contributed by atoms with Crippen LogP contribution >= 0.6 is 11.3 Å². The molecule has 0 saturated carbocycles. The summed E-state index contributed by atoms with van der Waals surface area (Å²) in [5.41, 5.74) is 7.25. The van der Waals surface area contributed by atoms with E-state index in [0.29, 0.717) is 6.42 Å². The summed E-state index contributed by atoms with van der Waals surface area (Å²) < 4.78 is 0. The maximum absolute atomic E-state index is 12.3. The van der Waals surface area contributed by atoms with Gasteiger partial charge >= 0.3 is 0 Å².